The van der Waals surface area contributed by atoms with Crippen LogP contribution in [0.4, 0.5) is 5.69 Å². The molecule has 0 atom stereocenters. The van der Waals surface area contributed by atoms with Crippen LogP contribution in [0.5, 0.6) is 0 Å². The van der Waals surface area contributed by atoms with Gasteiger partial charge >= 0.3 is 0 Å². The van der Waals surface area contributed by atoms with Crippen LogP contribution < -0.4 is 10.7 Å². The van der Waals surface area contributed by atoms with Gasteiger partial charge in [0.25, 0.3) is 5.91 Å². The van der Waals surface area contributed by atoms with E-state index in [4.69, 9.17) is 0 Å². The van der Waals surface area contributed by atoms with Gasteiger partial charge in [0.15, 0.2) is 0 Å². The lowest BCUT2D eigenvalue weighted by atomic mass is 10.0. The second-order valence-corrected chi connectivity index (χ2v) is 8.88. The summed E-state index contributed by atoms with van der Waals surface area (Å²) < 4.78 is 3.61. The summed E-state index contributed by atoms with van der Waals surface area (Å²) in [6.07, 6.45) is 5.53. The molecule has 1 amide bonds. The maximum Gasteiger partial charge on any atom is 0.261 e. The third-order valence-corrected chi connectivity index (χ3v) is 7.28. The van der Waals surface area contributed by atoms with E-state index in [1.807, 2.05) is 19.1 Å². The van der Waals surface area contributed by atoms with Gasteiger partial charge < -0.3 is 9.88 Å². The van der Waals surface area contributed by atoms with E-state index in [1.54, 1.807) is 0 Å². The number of amides is 1. The van der Waals surface area contributed by atoms with Gasteiger partial charge in [0, 0.05) is 28.1 Å². The number of hydrogen-bond donors (Lipinski definition) is 1. The standard InChI is InChI=1S/C22H26Br2N2O2/c1-4-14-10-11-16(23)15(5-2)20(14)25-22(28)18-17-9-7-6-8-12-26(17)13(3)19(24)21(18)27/h10-11H,4-9,12H2,1-3H3,(H,25,28). The highest BCUT2D eigenvalue weighted by atomic mass is 79.9. The lowest BCUT2D eigenvalue weighted by molar-refractivity contribution is 0.102. The molecule has 1 aliphatic rings. The highest BCUT2D eigenvalue weighted by Crippen LogP contribution is 2.31. The largest absolute Gasteiger partial charge is 0.347 e. The van der Waals surface area contributed by atoms with Crippen LogP contribution >= 0.6 is 31.9 Å². The van der Waals surface area contributed by atoms with Crippen molar-refractivity contribution in [2.75, 3.05) is 5.32 Å². The zero-order valence-electron chi connectivity index (χ0n) is 16.6. The number of aryl methyl sites for hydroxylation is 1. The Morgan fingerprint density at radius 2 is 1.89 bits per heavy atom. The fraction of sp³-hybridized carbons (Fsp3) is 0.455. The van der Waals surface area contributed by atoms with Crippen LogP contribution in [-0.2, 0) is 25.8 Å². The number of aromatic nitrogens is 1. The van der Waals surface area contributed by atoms with E-state index in [-0.39, 0.29) is 16.9 Å². The maximum absolute atomic E-state index is 13.4. The molecule has 6 heteroatoms. The minimum absolute atomic E-state index is 0.214. The van der Waals surface area contributed by atoms with Crippen LogP contribution in [-0.4, -0.2) is 10.5 Å². The van der Waals surface area contributed by atoms with Crippen molar-refractivity contribution in [1.29, 1.82) is 0 Å². The van der Waals surface area contributed by atoms with E-state index in [0.717, 1.165) is 77.7 Å². The van der Waals surface area contributed by atoms with Crippen molar-refractivity contribution in [3.63, 3.8) is 0 Å². The van der Waals surface area contributed by atoms with Gasteiger partial charge in [0.05, 0.1) is 4.47 Å². The molecule has 2 aromatic rings. The third kappa shape index (κ3) is 3.86. The third-order valence-electron chi connectivity index (χ3n) is 5.60. The van der Waals surface area contributed by atoms with Crippen LogP contribution in [0.25, 0.3) is 0 Å². The second kappa shape index (κ2) is 8.95. The van der Waals surface area contributed by atoms with E-state index < -0.39 is 0 Å². The molecule has 0 aliphatic carbocycles. The molecule has 1 aromatic carbocycles. The number of halogens is 2. The van der Waals surface area contributed by atoms with Crippen molar-refractivity contribution in [2.45, 2.75) is 65.8 Å². The first-order valence-electron chi connectivity index (χ1n) is 9.94. The first kappa shape index (κ1) is 21.3. The molecule has 4 nitrogen and oxygen atoms in total. The first-order valence-corrected chi connectivity index (χ1v) is 11.5. The van der Waals surface area contributed by atoms with Crippen LogP contribution in [0.1, 0.15) is 66.0 Å². The van der Waals surface area contributed by atoms with Crippen molar-refractivity contribution in [3.05, 3.63) is 59.4 Å². The van der Waals surface area contributed by atoms with Gasteiger partial charge in [0.1, 0.15) is 5.56 Å². The minimum atomic E-state index is -0.307. The van der Waals surface area contributed by atoms with Gasteiger partial charge in [-0.25, -0.2) is 0 Å². The van der Waals surface area contributed by atoms with E-state index in [1.165, 1.54) is 0 Å². The fourth-order valence-electron chi connectivity index (χ4n) is 4.04. The molecular weight excluding hydrogens is 484 g/mol. The van der Waals surface area contributed by atoms with Crippen molar-refractivity contribution in [3.8, 4) is 0 Å². The summed E-state index contributed by atoms with van der Waals surface area (Å²) in [5.41, 5.74) is 4.80. The van der Waals surface area contributed by atoms with Crippen molar-refractivity contribution in [2.24, 2.45) is 0 Å². The molecule has 0 bridgehead atoms. The molecule has 150 valence electrons. The number of carbonyl (C=O) groups excluding carboxylic acids is 1. The van der Waals surface area contributed by atoms with Gasteiger partial charge in [-0.05, 0) is 72.2 Å². The Morgan fingerprint density at radius 3 is 2.57 bits per heavy atom. The molecule has 1 aliphatic heterocycles. The van der Waals surface area contributed by atoms with Crippen LogP contribution in [0.15, 0.2) is 25.9 Å². The van der Waals surface area contributed by atoms with Crippen molar-refractivity contribution < 1.29 is 4.79 Å². The van der Waals surface area contributed by atoms with Crippen LogP contribution in [0.3, 0.4) is 0 Å². The topological polar surface area (TPSA) is 51.1 Å². The number of fused-ring (bicyclic) bond motifs is 1. The van der Waals surface area contributed by atoms with Gasteiger partial charge in [-0.2, -0.15) is 0 Å². The molecule has 0 saturated heterocycles. The Bertz CT molecular complexity index is 980. The van der Waals surface area contributed by atoms with Gasteiger partial charge in [-0.3, -0.25) is 9.59 Å². The fourth-order valence-corrected chi connectivity index (χ4v) is 5.06. The summed E-state index contributed by atoms with van der Waals surface area (Å²) in [6, 6.07) is 4.05. The Morgan fingerprint density at radius 1 is 1.14 bits per heavy atom. The summed E-state index contributed by atoms with van der Waals surface area (Å²) in [5, 5.41) is 3.09. The molecule has 1 N–H and O–H groups in total. The van der Waals surface area contributed by atoms with E-state index >= 15 is 0 Å². The highest BCUT2D eigenvalue weighted by Gasteiger charge is 2.25. The van der Waals surface area contributed by atoms with E-state index in [2.05, 4.69) is 55.6 Å². The predicted octanol–water partition coefficient (Wildman–Crippen LogP) is 5.79. The molecule has 0 saturated carbocycles. The number of rotatable bonds is 4. The number of benzene rings is 1. The molecule has 0 unspecified atom stereocenters. The molecule has 28 heavy (non-hydrogen) atoms. The summed E-state index contributed by atoms with van der Waals surface area (Å²) in [7, 11) is 0. The lowest BCUT2D eigenvalue weighted by Crippen LogP contribution is -2.29. The second-order valence-electron chi connectivity index (χ2n) is 7.23. The Hall–Kier alpha value is -1.40. The molecular formula is C22H26Br2N2O2. The zero-order valence-corrected chi connectivity index (χ0v) is 19.8. The normalized spacial score (nSPS) is 13.8. The maximum atomic E-state index is 13.4. The summed E-state index contributed by atoms with van der Waals surface area (Å²) in [5.74, 6) is -0.307. The number of hydrogen-bond acceptors (Lipinski definition) is 2. The number of nitrogens with zero attached hydrogens (tertiary/aromatic N) is 1. The first-order chi connectivity index (χ1) is 13.4. The molecule has 2 heterocycles. The average molecular weight is 510 g/mol. The molecule has 3 rings (SSSR count). The average Bonchev–Trinajstić information content (AvgIpc) is 2.93. The summed E-state index contributed by atoms with van der Waals surface area (Å²) in [6.45, 7) is 6.93. The lowest BCUT2D eigenvalue weighted by Gasteiger charge is -2.21. The number of pyridine rings is 1. The summed E-state index contributed by atoms with van der Waals surface area (Å²) in [4.78, 5) is 26.4. The zero-order chi connectivity index (χ0) is 20.4. The quantitative estimate of drug-likeness (QED) is 0.567. The number of carbonyl (C=O) groups is 1. The Balaban J connectivity index is 2.14. The molecule has 0 spiro atoms. The predicted molar refractivity (Wildman–Crippen MR) is 122 cm³/mol. The van der Waals surface area contributed by atoms with Crippen LogP contribution in [0, 0.1) is 6.92 Å². The highest BCUT2D eigenvalue weighted by molar-refractivity contribution is 9.10. The Kier molecular flexibility index (Phi) is 6.81. The molecule has 1 aromatic heterocycles. The molecule has 0 fully saturated rings. The van der Waals surface area contributed by atoms with Gasteiger partial charge in [-0.15, -0.1) is 0 Å². The number of anilines is 1. The van der Waals surface area contributed by atoms with E-state index in [0.29, 0.717) is 4.47 Å². The van der Waals surface area contributed by atoms with Crippen LogP contribution in [0.2, 0.25) is 0 Å². The van der Waals surface area contributed by atoms with Crippen molar-refractivity contribution >= 4 is 43.5 Å². The monoisotopic (exact) mass is 508 g/mol. The van der Waals surface area contributed by atoms with Gasteiger partial charge in [0.2, 0.25) is 5.43 Å². The van der Waals surface area contributed by atoms with Crippen molar-refractivity contribution in [1.82, 2.24) is 4.57 Å². The minimum Gasteiger partial charge on any atom is -0.347 e. The van der Waals surface area contributed by atoms with Gasteiger partial charge in [-0.1, -0.05) is 42.3 Å². The van der Waals surface area contributed by atoms with E-state index in [9.17, 15) is 9.59 Å². The SMILES string of the molecule is CCc1ccc(Br)c(CC)c1NC(=O)c1c2n(c(C)c(Br)c1=O)CCCCC2. The number of nitrogens with one attached hydrogen (secondary N) is 1. The Labute approximate surface area is 183 Å². The molecule has 0 radical (unpaired) electrons. The smallest absolute Gasteiger partial charge is 0.261 e. The summed E-state index contributed by atoms with van der Waals surface area (Å²) >= 11 is 7.03.